The summed E-state index contributed by atoms with van der Waals surface area (Å²) >= 11 is 3.40. The smallest absolute Gasteiger partial charge is 0.342 e. The van der Waals surface area contributed by atoms with Crippen molar-refractivity contribution in [3.05, 3.63) is 72.2 Å². The third kappa shape index (κ3) is 3.77. The van der Waals surface area contributed by atoms with Crippen molar-refractivity contribution in [2.45, 2.75) is 12.3 Å². The lowest BCUT2D eigenvalue weighted by Gasteiger charge is -1.97. The van der Waals surface area contributed by atoms with Gasteiger partial charge in [0.25, 0.3) is 0 Å². The van der Waals surface area contributed by atoms with Crippen molar-refractivity contribution >= 4 is 43.8 Å². The number of carbonyl (C=O) groups excluding carboxylic acids is 1. The molecule has 0 radical (unpaired) electrons. The van der Waals surface area contributed by atoms with E-state index in [1.165, 1.54) is 17.2 Å². The van der Waals surface area contributed by atoms with Gasteiger partial charge in [-0.25, -0.2) is 4.79 Å². The zero-order chi connectivity index (χ0) is 17.6. The molecule has 0 aliphatic rings. The average molecular weight is 401 g/mol. The van der Waals surface area contributed by atoms with Crippen LogP contribution in [0, 0.1) is 0 Å². The van der Waals surface area contributed by atoms with E-state index in [1.54, 1.807) is 13.2 Å². The topological polar surface area (TPSA) is 52.6 Å². The molecule has 2 aromatic carbocycles. The predicted octanol–water partition coefficient (Wildman–Crippen LogP) is 5.94. The first kappa shape index (κ1) is 17.3. The number of halogens is 1. The fraction of sp³-hybridized carbons (Fsp3) is 0.150. The molecule has 0 N–H and O–H groups in total. The van der Waals surface area contributed by atoms with Crippen molar-refractivity contribution in [3.8, 4) is 0 Å². The first-order valence-electron chi connectivity index (χ1n) is 7.89. The molecule has 2 heterocycles. The highest BCUT2D eigenvalue weighted by Crippen LogP contribution is 2.22. The lowest BCUT2D eigenvalue weighted by Crippen LogP contribution is -2.03. The molecule has 128 valence electrons. The van der Waals surface area contributed by atoms with Crippen LogP contribution in [0.15, 0.2) is 69.9 Å². The summed E-state index contributed by atoms with van der Waals surface area (Å²) < 4.78 is 15.4. The zero-order valence-corrected chi connectivity index (χ0v) is 15.3. The number of fused-ring (bicyclic) bond motifs is 2. The second kappa shape index (κ2) is 8.03. The number of rotatable bonds is 3. The van der Waals surface area contributed by atoms with E-state index in [-0.39, 0.29) is 5.97 Å². The molecule has 0 aliphatic heterocycles. The first-order chi connectivity index (χ1) is 12.2. The van der Waals surface area contributed by atoms with Gasteiger partial charge in [-0.05, 0) is 19.1 Å². The molecule has 4 rings (SSSR count). The molecule has 0 saturated heterocycles. The molecule has 0 bridgehead atoms. The Morgan fingerprint density at radius 2 is 1.56 bits per heavy atom. The van der Waals surface area contributed by atoms with E-state index in [4.69, 9.17) is 13.6 Å². The van der Waals surface area contributed by atoms with Crippen LogP contribution in [-0.4, -0.2) is 12.6 Å². The Hall–Kier alpha value is -2.53. The highest BCUT2D eigenvalue weighted by atomic mass is 79.9. The first-order valence-corrected chi connectivity index (χ1v) is 9.01. The summed E-state index contributed by atoms with van der Waals surface area (Å²) in [6.45, 7) is 2.15. The molecule has 0 aliphatic carbocycles. The Morgan fingerprint density at radius 1 is 0.960 bits per heavy atom. The van der Waals surface area contributed by atoms with Crippen molar-refractivity contribution in [1.82, 2.24) is 0 Å². The summed E-state index contributed by atoms with van der Waals surface area (Å²) in [7, 11) is 0. The van der Waals surface area contributed by atoms with Crippen LogP contribution in [0.2, 0.25) is 0 Å². The molecule has 0 fully saturated rings. The lowest BCUT2D eigenvalue weighted by atomic mass is 10.2. The van der Waals surface area contributed by atoms with Gasteiger partial charge >= 0.3 is 5.97 Å². The Bertz CT molecular complexity index is 983. The van der Waals surface area contributed by atoms with Gasteiger partial charge in [-0.2, -0.15) is 0 Å². The van der Waals surface area contributed by atoms with Crippen LogP contribution < -0.4 is 0 Å². The normalized spacial score (nSPS) is 10.5. The third-order valence-corrected chi connectivity index (χ3v) is 4.29. The molecule has 0 atom stereocenters. The fourth-order valence-electron chi connectivity index (χ4n) is 2.48. The number of carbonyl (C=O) groups is 1. The summed E-state index contributed by atoms with van der Waals surface area (Å²) in [5, 5.41) is 2.85. The van der Waals surface area contributed by atoms with Crippen molar-refractivity contribution in [3.63, 3.8) is 0 Å². The fourth-order valence-corrected chi connectivity index (χ4v) is 2.92. The van der Waals surface area contributed by atoms with Crippen LogP contribution >= 0.6 is 15.9 Å². The summed E-state index contributed by atoms with van der Waals surface area (Å²) in [6.07, 6.45) is 3.22. The van der Waals surface area contributed by atoms with Crippen LogP contribution in [0.4, 0.5) is 0 Å². The summed E-state index contributed by atoms with van der Waals surface area (Å²) in [5.74, 6) is -0.336. The maximum atomic E-state index is 11.4. The Kier molecular flexibility index (Phi) is 5.56. The summed E-state index contributed by atoms with van der Waals surface area (Å²) in [5.41, 5.74) is 3.36. The highest BCUT2D eigenvalue weighted by molar-refractivity contribution is 9.08. The zero-order valence-electron chi connectivity index (χ0n) is 13.7. The SMILES string of the molecule is BrCc1coc2ccccc12.CCOC(=O)c1coc2ccccc12. The van der Waals surface area contributed by atoms with Gasteiger partial charge in [-0.3, -0.25) is 0 Å². The minimum atomic E-state index is -0.336. The average Bonchev–Trinajstić information content (AvgIpc) is 3.26. The quantitative estimate of drug-likeness (QED) is 0.315. The lowest BCUT2D eigenvalue weighted by molar-refractivity contribution is 0.0527. The van der Waals surface area contributed by atoms with Crippen LogP contribution in [0.5, 0.6) is 0 Å². The van der Waals surface area contributed by atoms with E-state index < -0.39 is 0 Å². The number of benzene rings is 2. The summed E-state index contributed by atoms with van der Waals surface area (Å²) in [4.78, 5) is 11.4. The van der Waals surface area contributed by atoms with Crippen molar-refractivity contribution < 1.29 is 18.4 Å². The molecule has 5 heteroatoms. The highest BCUT2D eigenvalue weighted by Gasteiger charge is 2.13. The number of esters is 1. The van der Waals surface area contributed by atoms with E-state index in [9.17, 15) is 4.79 Å². The number of hydrogen-bond acceptors (Lipinski definition) is 4. The van der Waals surface area contributed by atoms with Gasteiger partial charge in [-0.1, -0.05) is 52.3 Å². The maximum Gasteiger partial charge on any atom is 0.342 e. The molecule has 0 amide bonds. The third-order valence-electron chi connectivity index (χ3n) is 3.68. The molecular weight excluding hydrogens is 384 g/mol. The Morgan fingerprint density at radius 3 is 2.24 bits per heavy atom. The molecule has 2 aromatic heterocycles. The van der Waals surface area contributed by atoms with Crippen molar-refractivity contribution in [2.24, 2.45) is 0 Å². The van der Waals surface area contributed by atoms with Gasteiger partial charge < -0.3 is 13.6 Å². The number of para-hydroxylation sites is 2. The van der Waals surface area contributed by atoms with E-state index in [2.05, 4.69) is 22.0 Å². The van der Waals surface area contributed by atoms with Crippen LogP contribution in [0.3, 0.4) is 0 Å². The largest absolute Gasteiger partial charge is 0.464 e. The van der Waals surface area contributed by atoms with Gasteiger partial charge in [0.1, 0.15) is 23.0 Å². The number of alkyl halides is 1. The monoisotopic (exact) mass is 400 g/mol. The van der Waals surface area contributed by atoms with E-state index in [0.717, 1.165) is 16.3 Å². The van der Waals surface area contributed by atoms with E-state index >= 15 is 0 Å². The van der Waals surface area contributed by atoms with Crippen molar-refractivity contribution in [2.75, 3.05) is 6.61 Å². The molecule has 0 saturated carbocycles. The number of furan rings is 2. The van der Waals surface area contributed by atoms with Gasteiger partial charge in [0.15, 0.2) is 0 Å². The van der Waals surface area contributed by atoms with E-state index in [0.29, 0.717) is 17.8 Å². The minimum Gasteiger partial charge on any atom is -0.464 e. The van der Waals surface area contributed by atoms with Crippen LogP contribution in [-0.2, 0) is 10.1 Å². The van der Waals surface area contributed by atoms with Gasteiger partial charge in [-0.15, -0.1) is 0 Å². The molecule has 25 heavy (non-hydrogen) atoms. The van der Waals surface area contributed by atoms with Gasteiger partial charge in [0, 0.05) is 21.7 Å². The molecule has 0 unspecified atom stereocenters. The minimum absolute atomic E-state index is 0.336. The van der Waals surface area contributed by atoms with Gasteiger partial charge in [0.05, 0.1) is 12.9 Å². The van der Waals surface area contributed by atoms with Crippen LogP contribution in [0.1, 0.15) is 22.8 Å². The molecule has 4 nitrogen and oxygen atoms in total. The predicted molar refractivity (Wildman–Crippen MR) is 101 cm³/mol. The Labute approximate surface area is 153 Å². The maximum absolute atomic E-state index is 11.4. The molecular formula is C20H17BrO4. The summed E-state index contributed by atoms with van der Waals surface area (Å²) in [6, 6.07) is 15.4. The molecule has 4 aromatic rings. The standard InChI is InChI=1S/C11H10O3.C9H7BrO/c1-2-13-11(12)9-7-14-10-6-4-3-5-8(9)10;10-5-7-6-11-9-4-2-1-3-8(7)9/h3-7H,2H2,1H3;1-4,6H,5H2. The van der Waals surface area contributed by atoms with E-state index in [1.807, 2.05) is 42.5 Å². The second-order valence-corrected chi connectivity index (χ2v) is 5.82. The number of ether oxygens (including phenoxy) is 1. The Balaban J connectivity index is 0.000000150. The molecule has 0 spiro atoms. The number of hydrogen-bond donors (Lipinski definition) is 0. The van der Waals surface area contributed by atoms with Gasteiger partial charge in [0.2, 0.25) is 0 Å². The van der Waals surface area contributed by atoms with Crippen LogP contribution in [0.25, 0.3) is 21.9 Å². The van der Waals surface area contributed by atoms with Crippen molar-refractivity contribution in [1.29, 1.82) is 0 Å². The second-order valence-electron chi connectivity index (χ2n) is 5.26.